The molecule has 4 aliphatic rings. The fourth-order valence-corrected chi connectivity index (χ4v) is 5.75. The second-order valence-corrected chi connectivity index (χ2v) is 11.4. The summed E-state index contributed by atoms with van der Waals surface area (Å²) in [6.07, 6.45) is -14.0. The summed E-state index contributed by atoms with van der Waals surface area (Å²) in [5, 5.41) is 66.2. The highest BCUT2D eigenvalue weighted by Crippen LogP contribution is 2.35. The monoisotopic (exact) mass is 609 g/mol. The van der Waals surface area contributed by atoms with Gasteiger partial charge in [-0.2, -0.15) is 0 Å². The van der Waals surface area contributed by atoms with Gasteiger partial charge >= 0.3 is 0 Å². The molecule has 1 saturated carbocycles. The molecule has 15 N–H and O–H groups in total. The van der Waals surface area contributed by atoms with Crippen LogP contribution in [0.25, 0.3) is 0 Å². The number of nitrogens with two attached hydrogens (primary N) is 4. The lowest BCUT2D eigenvalue weighted by Crippen LogP contribution is -2.65. The minimum atomic E-state index is -1.51. The maximum atomic E-state index is 11.2. The van der Waals surface area contributed by atoms with E-state index in [1.165, 1.54) is 6.08 Å². The van der Waals surface area contributed by atoms with E-state index in [0.717, 1.165) is 0 Å². The van der Waals surface area contributed by atoms with Crippen molar-refractivity contribution < 1.29 is 59.1 Å². The number of rotatable bonds is 10. The normalized spacial score (nSPS) is 49.9. The first-order chi connectivity index (χ1) is 19.9. The molecule has 17 atom stereocenters. The molecule has 2 saturated heterocycles. The Balaban J connectivity index is 1.49. The van der Waals surface area contributed by atoms with E-state index in [9.17, 15) is 30.6 Å². The van der Waals surface area contributed by atoms with Crippen LogP contribution in [0.5, 0.6) is 0 Å². The number of likely N-dealkylation sites (N-methyl/N-ethyl adjacent to an activating group) is 1. The summed E-state index contributed by atoms with van der Waals surface area (Å²) in [6.45, 7) is 1.21. The zero-order valence-corrected chi connectivity index (χ0v) is 23.7. The molecular formula is C25H47N5O12. The molecule has 3 aliphatic heterocycles. The van der Waals surface area contributed by atoms with Crippen LogP contribution in [0.1, 0.15) is 13.3 Å². The molecule has 17 nitrogen and oxygen atoms in total. The standard InChI is InChI=1S/C25H47N5O12/c1-8-16(33)18(35)13(5-26)38-23(8)41-21-14(7-31)39-25(19(21)36)42-22-17(34)10(27)4-11(28)20(22)40-24-15(29)12(32)3-9(37-24)6-30-2/h3,8,10-25,30-36H,4-7,26-29H2,1-2H3/t8-,10-,11+,12+,13?,14-,15-,16-,17+,18-,19-,20-,21-,22-,23-,24-,25+/m1/s1. The van der Waals surface area contributed by atoms with Crippen molar-refractivity contribution in [1.29, 1.82) is 0 Å². The first-order valence-electron chi connectivity index (χ1n) is 14.2. The highest BCUT2D eigenvalue weighted by atomic mass is 16.8. The number of aliphatic hydroxyl groups is 6. The lowest BCUT2D eigenvalue weighted by atomic mass is 9.84. The number of aliphatic hydroxyl groups excluding tert-OH is 6. The molecule has 4 rings (SSSR count). The molecule has 42 heavy (non-hydrogen) atoms. The van der Waals surface area contributed by atoms with Crippen LogP contribution in [0, 0.1) is 5.92 Å². The Kier molecular flexibility index (Phi) is 11.5. The summed E-state index contributed by atoms with van der Waals surface area (Å²) in [7, 11) is 1.70. The largest absolute Gasteiger partial charge is 0.466 e. The first-order valence-corrected chi connectivity index (χ1v) is 14.2. The van der Waals surface area contributed by atoms with Crippen LogP contribution in [0.15, 0.2) is 11.8 Å². The Morgan fingerprint density at radius 3 is 2.12 bits per heavy atom. The van der Waals surface area contributed by atoms with Gasteiger partial charge in [-0.25, -0.2) is 0 Å². The highest BCUT2D eigenvalue weighted by molar-refractivity contribution is 5.09. The van der Waals surface area contributed by atoms with Gasteiger partial charge in [0.05, 0.1) is 37.5 Å². The van der Waals surface area contributed by atoms with Gasteiger partial charge in [-0.05, 0) is 19.5 Å². The lowest BCUT2D eigenvalue weighted by Gasteiger charge is -2.45. The van der Waals surface area contributed by atoms with Crippen LogP contribution < -0.4 is 28.3 Å². The molecule has 0 aromatic rings. The Labute approximate surface area is 243 Å². The molecule has 3 heterocycles. The van der Waals surface area contributed by atoms with Gasteiger partial charge in [0.2, 0.25) is 6.29 Å². The van der Waals surface area contributed by atoms with E-state index in [-0.39, 0.29) is 13.0 Å². The second-order valence-electron chi connectivity index (χ2n) is 11.4. The van der Waals surface area contributed by atoms with Crippen LogP contribution in [0.2, 0.25) is 0 Å². The van der Waals surface area contributed by atoms with Crippen LogP contribution >= 0.6 is 0 Å². The molecule has 3 fully saturated rings. The maximum absolute atomic E-state index is 11.2. The molecular weight excluding hydrogens is 562 g/mol. The third-order valence-electron chi connectivity index (χ3n) is 8.33. The van der Waals surface area contributed by atoms with Crippen molar-refractivity contribution in [2.45, 2.75) is 111 Å². The number of nitrogens with one attached hydrogen (secondary N) is 1. The molecule has 244 valence electrons. The first kappa shape index (κ1) is 33.8. The van der Waals surface area contributed by atoms with Crippen molar-refractivity contribution in [1.82, 2.24) is 5.32 Å². The summed E-state index contributed by atoms with van der Waals surface area (Å²) >= 11 is 0. The number of hydrogen-bond donors (Lipinski definition) is 11. The zero-order valence-electron chi connectivity index (χ0n) is 23.7. The average Bonchev–Trinajstić information content (AvgIpc) is 3.25. The minimum absolute atomic E-state index is 0.0945. The van der Waals surface area contributed by atoms with Gasteiger partial charge in [0, 0.05) is 24.5 Å². The van der Waals surface area contributed by atoms with Crippen LogP contribution in [-0.2, 0) is 28.4 Å². The summed E-state index contributed by atoms with van der Waals surface area (Å²) in [6, 6.07) is -2.57. The van der Waals surface area contributed by atoms with Gasteiger partial charge in [-0.3, -0.25) is 0 Å². The van der Waals surface area contributed by atoms with Crippen molar-refractivity contribution in [3.8, 4) is 0 Å². The SMILES string of the molecule is CNCC1=C[C@H](O)[C@@H](N)[C@@H](O[C@H]2[C@H](O[C@@H]3O[C@H](CO)[C@@H](O[C@H]4OC(CN)[C@@H](O)[C@H](O)[C@H]4C)[C@H]3O)[C@@H](O)[C@H](N)C[C@@H]2N)O1. The summed E-state index contributed by atoms with van der Waals surface area (Å²) in [5.74, 6) is -0.329. The summed E-state index contributed by atoms with van der Waals surface area (Å²) in [5.41, 5.74) is 24.3. The summed E-state index contributed by atoms with van der Waals surface area (Å²) in [4.78, 5) is 0. The Bertz CT molecular complexity index is 906. The molecule has 1 aliphatic carbocycles. The predicted molar refractivity (Wildman–Crippen MR) is 143 cm³/mol. The van der Waals surface area contributed by atoms with E-state index in [0.29, 0.717) is 12.3 Å². The van der Waals surface area contributed by atoms with E-state index in [1.54, 1.807) is 14.0 Å². The van der Waals surface area contributed by atoms with Crippen molar-refractivity contribution in [2.24, 2.45) is 28.9 Å². The molecule has 0 radical (unpaired) electrons. The molecule has 0 aromatic heterocycles. The predicted octanol–water partition coefficient (Wildman–Crippen LogP) is -6.17. The van der Waals surface area contributed by atoms with E-state index in [2.05, 4.69) is 5.32 Å². The van der Waals surface area contributed by atoms with Crippen molar-refractivity contribution in [3.63, 3.8) is 0 Å². The Morgan fingerprint density at radius 2 is 1.48 bits per heavy atom. The fraction of sp³-hybridized carbons (Fsp3) is 0.920. The van der Waals surface area contributed by atoms with Gasteiger partial charge in [-0.15, -0.1) is 0 Å². The fourth-order valence-electron chi connectivity index (χ4n) is 5.75. The van der Waals surface area contributed by atoms with Gasteiger partial charge < -0.3 is 87.3 Å². The van der Waals surface area contributed by atoms with Gasteiger partial charge in [0.15, 0.2) is 12.6 Å². The molecule has 0 aromatic carbocycles. The van der Waals surface area contributed by atoms with Crippen LogP contribution in [-0.4, -0.2) is 155 Å². The molecule has 0 spiro atoms. The Hall–Kier alpha value is -1.10. The Morgan fingerprint density at radius 1 is 0.833 bits per heavy atom. The van der Waals surface area contributed by atoms with E-state index < -0.39 is 111 Å². The third-order valence-corrected chi connectivity index (χ3v) is 8.33. The molecule has 1 unspecified atom stereocenters. The van der Waals surface area contributed by atoms with Crippen LogP contribution in [0.4, 0.5) is 0 Å². The van der Waals surface area contributed by atoms with Crippen molar-refractivity contribution >= 4 is 0 Å². The van der Waals surface area contributed by atoms with Gasteiger partial charge in [-0.1, -0.05) is 6.92 Å². The van der Waals surface area contributed by atoms with Gasteiger partial charge in [0.1, 0.15) is 48.5 Å². The quantitative estimate of drug-likeness (QED) is 0.110. The molecule has 17 heteroatoms. The van der Waals surface area contributed by atoms with Crippen molar-refractivity contribution in [3.05, 3.63) is 11.8 Å². The minimum Gasteiger partial charge on any atom is -0.466 e. The van der Waals surface area contributed by atoms with Crippen molar-refractivity contribution in [2.75, 3.05) is 26.7 Å². The topological polar surface area (TPSA) is 293 Å². The van der Waals surface area contributed by atoms with Gasteiger partial charge in [0.25, 0.3) is 0 Å². The second kappa shape index (κ2) is 14.3. The van der Waals surface area contributed by atoms with E-state index in [1.807, 2.05) is 0 Å². The smallest absolute Gasteiger partial charge is 0.218 e. The summed E-state index contributed by atoms with van der Waals surface area (Å²) < 4.78 is 35.4. The number of ether oxygens (including phenoxy) is 6. The molecule has 0 bridgehead atoms. The van der Waals surface area contributed by atoms with E-state index >= 15 is 0 Å². The maximum Gasteiger partial charge on any atom is 0.218 e. The van der Waals surface area contributed by atoms with Crippen LogP contribution in [0.3, 0.4) is 0 Å². The average molecular weight is 610 g/mol. The highest BCUT2D eigenvalue weighted by Gasteiger charge is 2.53. The lowest BCUT2D eigenvalue weighted by molar-refractivity contribution is -0.296. The third kappa shape index (κ3) is 6.91. The zero-order chi connectivity index (χ0) is 30.9. The van der Waals surface area contributed by atoms with E-state index in [4.69, 9.17) is 51.4 Å². The molecule has 0 amide bonds. The number of hydrogen-bond acceptors (Lipinski definition) is 17.